The van der Waals surface area contributed by atoms with Gasteiger partial charge >= 0.3 is 0 Å². The molecule has 0 aliphatic rings. The van der Waals surface area contributed by atoms with Gasteiger partial charge in [0.1, 0.15) is 5.82 Å². The molecular formula is C12H20N6. The molecule has 2 heterocycles. The second-order valence-corrected chi connectivity index (χ2v) is 4.50. The van der Waals surface area contributed by atoms with Gasteiger partial charge in [-0.05, 0) is 13.3 Å². The minimum Gasteiger partial charge on any atom is -0.394 e. The Bertz CT molecular complexity index is 539. The van der Waals surface area contributed by atoms with E-state index in [0.717, 1.165) is 29.2 Å². The van der Waals surface area contributed by atoms with E-state index in [-0.39, 0.29) is 6.04 Å². The SMILES string of the molecule is CCc1nn(C)c(NC(C)c2cnn(C)c2)c1N. The fourth-order valence-corrected chi connectivity index (χ4v) is 1.98. The van der Waals surface area contributed by atoms with Crippen molar-refractivity contribution in [3.8, 4) is 0 Å². The van der Waals surface area contributed by atoms with Crippen LogP contribution in [0, 0.1) is 0 Å². The minimum atomic E-state index is 0.140. The number of hydrogen-bond donors (Lipinski definition) is 2. The van der Waals surface area contributed by atoms with Crippen molar-refractivity contribution in [2.24, 2.45) is 14.1 Å². The summed E-state index contributed by atoms with van der Waals surface area (Å²) >= 11 is 0. The topological polar surface area (TPSA) is 73.7 Å². The molecule has 18 heavy (non-hydrogen) atoms. The Labute approximate surface area is 107 Å². The molecule has 6 nitrogen and oxygen atoms in total. The second kappa shape index (κ2) is 4.72. The van der Waals surface area contributed by atoms with Crippen molar-refractivity contribution in [1.29, 1.82) is 0 Å². The van der Waals surface area contributed by atoms with Crippen molar-refractivity contribution in [3.63, 3.8) is 0 Å². The van der Waals surface area contributed by atoms with E-state index in [1.54, 1.807) is 9.36 Å². The van der Waals surface area contributed by atoms with Crippen LogP contribution in [-0.2, 0) is 20.5 Å². The normalized spacial score (nSPS) is 12.7. The molecule has 2 aromatic heterocycles. The molecule has 0 amide bonds. The lowest BCUT2D eigenvalue weighted by atomic mass is 10.2. The zero-order valence-corrected chi connectivity index (χ0v) is 11.3. The summed E-state index contributed by atoms with van der Waals surface area (Å²) < 4.78 is 3.58. The molecule has 3 N–H and O–H groups in total. The van der Waals surface area contributed by atoms with Crippen molar-refractivity contribution in [2.45, 2.75) is 26.3 Å². The van der Waals surface area contributed by atoms with E-state index in [1.165, 1.54) is 0 Å². The van der Waals surface area contributed by atoms with Gasteiger partial charge < -0.3 is 11.1 Å². The number of aryl methyl sites for hydroxylation is 3. The van der Waals surface area contributed by atoms with Crippen LogP contribution < -0.4 is 11.1 Å². The Morgan fingerprint density at radius 1 is 1.44 bits per heavy atom. The Balaban J connectivity index is 2.21. The molecule has 98 valence electrons. The summed E-state index contributed by atoms with van der Waals surface area (Å²) in [5, 5.41) is 11.9. The highest BCUT2D eigenvalue weighted by atomic mass is 15.3. The maximum atomic E-state index is 6.08. The highest BCUT2D eigenvalue weighted by Gasteiger charge is 2.15. The average molecular weight is 248 g/mol. The molecule has 1 atom stereocenters. The summed E-state index contributed by atoms with van der Waals surface area (Å²) in [4.78, 5) is 0. The van der Waals surface area contributed by atoms with Crippen molar-refractivity contribution in [1.82, 2.24) is 19.6 Å². The van der Waals surface area contributed by atoms with E-state index >= 15 is 0 Å². The lowest BCUT2D eigenvalue weighted by molar-refractivity contribution is 0.733. The number of nitrogens with one attached hydrogen (secondary N) is 1. The van der Waals surface area contributed by atoms with E-state index in [9.17, 15) is 0 Å². The molecule has 0 fully saturated rings. The van der Waals surface area contributed by atoms with Crippen molar-refractivity contribution in [3.05, 3.63) is 23.7 Å². The Morgan fingerprint density at radius 3 is 2.67 bits per heavy atom. The molecule has 0 bridgehead atoms. The Kier molecular flexibility index (Phi) is 3.27. The molecule has 2 aromatic rings. The summed E-state index contributed by atoms with van der Waals surface area (Å²) in [6, 6.07) is 0.140. The van der Waals surface area contributed by atoms with Gasteiger partial charge in [-0.15, -0.1) is 0 Å². The summed E-state index contributed by atoms with van der Waals surface area (Å²) in [5.74, 6) is 0.864. The third-order valence-corrected chi connectivity index (χ3v) is 3.07. The summed E-state index contributed by atoms with van der Waals surface area (Å²) in [7, 11) is 3.80. The average Bonchev–Trinajstić information content (AvgIpc) is 2.87. The molecule has 0 aliphatic carbocycles. The van der Waals surface area contributed by atoms with Crippen LogP contribution in [0.2, 0.25) is 0 Å². The first-order valence-corrected chi connectivity index (χ1v) is 6.09. The first kappa shape index (κ1) is 12.5. The maximum absolute atomic E-state index is 6.08. The number of aromatic nitrogens is 4. The second-order valence-electron chi connectivity index (χ2n) is 4.50. The summed E-state index contributed by atoms with van der Waals surface area (Å²) in [5.41, 5.74) is 8.86. The molecule has 0 aliphatic heterocycles. The fraction of sp³-hybridized carbons (Fsp3) is 0.500. The number of nitrogens with zero attached hydrogens (tertiary/aromatic N) is 4. The molecule has 0 saturated heterocycles. The zero-order chi connectivity index (χ0) is 13.3. The van der Waals surface area contributed by atoms with Gasteiger partial charge in [0.05, 0.1) is 23.6 Å². The smallest absolute Gasteiger partial charge is 0.148 e. The summed E-state index contributed by atoms with van der Waals surface area (Å²) in [6.45, 7) is 4.13. The van der Waals surface area contributed by atoms with E-state index < -0.39 is 0 Å². The third kappa shape index (κ3) is 2.18. The largest absolute Gasteiger partial charge is 0.394 e. The van der Waals surface area contributed by atoms with Gasteiger partial charge in [-0.25, -0.2) is 0 Å². The lowest BCUT2D eigenvalue weighted by Crippen LogP contribution is -2.10. The van der Waals surface area contributed by atoms with Crippen LogP contribution in [0.1, 0.15) is 31.1 Å². The highest BCUT2D eigenvalue weighted by molar-refractivity contribution is 5.65. The minimum absolute atomic E-state index is 0.140. The Hall–Kier alpha value is -1.98. The number of hydrogen-bond acceptors (Lipinski definition) is 4. The molecule has 2 rings (SSSR count). The van der Waals surface area contributed by atoms with Crippen molar-refractivity contribution < 1.29 is 0 Å². The Morgan fingerprint density at radius 2 is 2.17 bits per heavy atom. The van der Waals surface area contributed by atoms with E-state index in [1.807, 2.05) is 33.4 Å². The first-order valence-electron chi connectivity index (χ1n) is 6.09. The van der Waals surface area contributed by atoms with Gasteiger partial charge in [0.15, 0.2) is 0 Å². The molecule has 0 spiro atoms. The third-order valence-electron chi connectivity index (χ3n) is 3.07. The molecule has 1 unspecified atom stereocenters. The van der Waals surface area contributed by atoms with Gasteiger partial charge in [-0.3, -0.25) is 9.36 Å². The quantitative estimate of drug-likeness (QED) is 0.859. The van der Waals surface area contributed by atoms with Crippen LogP contribution in [0.15, 0.2) is 12.4 Å². The van der Waals surface area contributed by atoms with E-state index in [2.05, 4.69) is 22.4 Å². The van der Waals surface area contributed by atoms with Crippen LogP contribution in [0.4, 0.5) is 11.5 Å². The molecular weight excluding hydrogens is 228 g/mol. The standard InChI is InChI=1S/C12H20N6/c1-5-10-11(13)12(18(4)16-10)15-8(2)9-6-14-17(3)7-9/h6-8,15H,5,13H2,1-4H3. The van der Waals surface area contributed by atoms with Crippen LogP contribution in [0.5, 0.6) is 0 Å². The van der Waals surface area contributed by atoms with Gasteiger partial charge in [-0.2, -0.15) is 10.2 Å². The monoisotopic (exact) mass is 248 g/mol. The number of anilines is 2. The van der Waals surface area contributed by atoms with Gasteiger partial charge in [0.2, 0.25) is 0 Å². The van der Waals surface area contributed by atoms with Crippen LogP contribution in [0.3, 0.4) is 0 Å². The van der Waals surface area contributed by atoms with Crippen LogP contribution >= 0.6 is 0 Å². The predicted molar refractivity (Wildman–Crippen MR) is 72.2 cm³/mol. The van der Waals surface area contributed by atoms with Crippen molar-refractivity contribution in [2.75, 3.05) is 11.1 Å². The molecule has 0 radical (unpaired) electrons. The van der Waals surface area contributed by atoms with E-state index in [0.29, 0.717) is 0 Å². The molecule has 0 aromatic carbocycles. The first-order chi connectivity index (χ1) is 8.52. The molecule has 0 saturated carbocycles. The highest BCUT2D eigenvalue weighted by Crippen LogP contribution is 2.26. The maximum Gasteiger partial charge on any atom is 0.148 e. The summed E-state index contributed by atoms with van der Waals surface area (Å²) in [6.07, 6.45) is 4.68. The van der Waals surface area contributed by atoms with Gasteiger partial charge in [-0.1, -0.05) is 6.92 Å². The van der Waals surface area contributed by atoms with Gasteiger partial charge in [0, 0.05) is 25.9 Å². The predicted octanol–water partition coefficient (Wildman–Crippen LogP) is 1.47. The number of rotatable bonds is 4. The van der Waals surface area contributed by atoms with Crippen LogP contribution in [0.25, 0.3) is 0 Å². The lowest BCUT2D eigenvalue weighted by Gasteiger charge is -2.14. The fourth-order valence-electron chi connectivity index (χ4n) is 1.98. The number of nitrogen functional groups attached to an aromatic ring is 1. The van der Waals surface area contributed by atoms with E-state index in [4.69, 9.17) is 5.73 Å². The van der Waals surface area contributed by atoms with Crippen molar-refractivity contribution >= 4 is 11.5 Å². The zero-order valence-electron chi connectivity index (χ0n) is 11.3. The van der Waals surface area contributed by atoms with Gasteiger partial charge in [0.25, 0.3) is 0 Å². The van der Waals surface area contributed by atoms with Crippen LogP contribution in [-0.4, -0.2) is 19.6 Å². The number of nitrogens with two attached hydrogens (primary N) is 1. The molecule has 6 heteroatoms.